The van der Waals surface area contributed by atoms with Crippen molar-refractivity contribution in [1.29, 1.82) is 0 Å². The van der Waals surface area contributed by atoms with Crippen molar-refractivity contribution in [2.45, 2.75) is 24.7 Å². The Labute approximate surface area is 175 Å². The van der Waals surface area contributed by atoms with E-state index in [1.165, 1.54) is 0 Å². The molecule has 0 bridgehead atoms. The van der Waals surface area contributed by atoms with Crippen molar-refractivity contribution in [3.05, 3.63) is 59.7 Å². The highest BCUT2D eigenvalue weighted by Gasteiger charge is 2.31. The van der Waals surface area contributed by atoms with Crippen molar-refractivity contribution in [1.82, 2.24) is 9.21 Å². The molecule has 2 aromatic carbocycles. The second-order valence-electron chi connectivity index (χ2n) is 6.94. The molecule has 162 valence electrons. The molecule has 1 saturated heterocycles. The Hall–Kier alpha value is -2.52. The van der Waals surface area contributed by atoms with Gasteiger partial charge in [0.05, 0.1) is 6.61 Å². The number of amides is 1. The summed E-state index contributed by atoms with van der Waals surface area (Å²) in [6.07, 6.45) is 0.887. The zero-order chi connectivity index (χ0) is 21.7. The molecule has 1 aliphatic heterocycles. The summed E-state index contributed by atoms with van der Waals surface area (Å²) in [6, 6.07) is 9.95. The smallest absolute Gasteiger partial charge is 0.246 e. The Bertz CT molecular complexity index is 989. The number of hydrogen-bond acceptors (Lipinski definition) is 4. The summed E-state index contributed by atoms with van der Waals surface area (Å²) in [6.45, 7) is 3.08. The first-order valence-electron chi connectivity index (χ1n) is 9.76. The van der Waals surface area contributed by atoms with E-state index in [-0.39, 0.29) is 32.1 Å². The van der Waals surface area contributed by atoms with Gasteiger partial charge in [0.2, 0.25) is 15.9 Å². The maximum Gasteiger partial charge on any atom is 0.246 e. The molecule has 2 aromatic rings. The molecule has 1 heterocycles. The molecule has 1 aliphatic rings. The van der Waals surface area contributed by atoms with Crippen LogP contribution in [0.2, 0.25) is 0 Å². The van der Waals surface area contributed by atoms with E-state index in [4.69, 9.17) is 4.74 Å². The normalized spacial score (nSPS) is 15.2. The van der Waals surface area contributed by atoms with E-state index in [1.54, 1.807) is 4.90 Å². The van der Waals surface area contributed by atoms with E-state index in [0.717, 1.165) is 27.8 Å². The molecule has 0 aromatic heterocycles. The lowest BCUT2D eigenvalue weighted by molar-refractivity contribution is -0.132. The fraction of sp³-hybridized carbons (Fsp3) is 0.381. The maximum absolute atomic E-state index is 13.9. The lowest BCUT2D eigenvalue weighted by Crippen LogP contribution is -2.50. The zero-order valence-electron chi connectivity index (χ0n) is 16.7. The molecular weight excluding hydrogens is 414 g/mol. The van der Waals surface area contributed by atoms with E-state index in [1.807, 2.05) is 31.2 Å². The number of ether oxygens (including phenoxy) is 1. The van der Waals surface area contributed by atoms with Crippen molar-refractivity contribution in [2.75, 3.05) is 32.8 Å². The Kier molecular flexibility index (Phi) is 7.04. The minimum absolute atomic E-state index is 0.0612. The second-order valence-corrected chi connectivity index (χ2v) is 8.84. The van der Waals surface area contributed by atoms with Gasteiger partial charge in [0.25, 0.3) is 0 Å². The average molecular weight is 438 g/mol. The van der Waals surface area contributed by atoms with Crippen molar-refractivity contribution < 1.29 is 26.7 Å². The Morgan fingerprint density at radius 3 is 2.30 bits per heavy atom. The summed E-state index contributed by atoms with van der Waals surface area (Å²) >= 11 is 0. The molecule has 0 spiro atoms. The van der Waals surface area contributed by atoms with Gasteiger partial charge in [-0.05, 0) is 43.2 Å². The average Bonchev–Trinajstić information content (AvgIpc) is 2.73. The lowest BCUT2D eigenvalue weighted by atomic mass is 10.1. The Balaban J connectivity index is 1.53. The predicted molar refractivity (Wildman–Crippen MR) is 108 cm³/mol. The van der Waals surface area contributed by atoms with Crippen LogP contribution in [0.4, 0.5) is 8.78 Å². The number of rotatable bonds is 7. The van der Waals surface area contributed by atoms with Gasteiger partial charge in [-0.15, -0.1) is 0 Å². The predicted octanol–water partition coefficient (Wildman–Crippen LogP) is 2.83. The number of sulfonamides is 1. The molecule has 0 unspecified atom stereocenters. The largest absolute Gasteiger partial charge is 0.494 e. The number of aryl methyl sites for hydroxylation is 1. The van der Waals surface area contributed by atoms with Crippen LogP contribution in [0.1, 0.15) is 18.9 Å². The molecule has 0 aliphatic carbocycles. The van der Waals surface area contributed by atoms with Gasteiger partial charge in [0, 0.05) is 38.7 Å². The number of carbonyl (C=O) groups is 1. The van der Waals surface area contributed by atoms with Gasteiger partial charge in [-0.3, -0.25) is 4.79 Å². The van der Waals surface area contributed by atoms with E-state index < -0.39 is 26.6 Å². The SMILES string of the molecule is CCOc1ccc(CCC(=O)N2CCN(S(=O)(=O)c3ccc(F)cc3F)CC2)cc1. The first-order chi connectivity index (χ1) is 14.3. The molecule has 6 nitrogen and oxygen atoms in total. The fourth-order valence-electron chi connectivity index (χ4n) is 3.33. The molecule has 1 amide bonds. The van der Waals surface area contributed by atoms with Crippen LogP contribution in [0.15, 0.2) is 47.4 Å². The summed E-state index contributed by atoms with van der Waals surface area (Å²) in [7, 11) is -4.08. The van der Waals surface area contributed by atoms with Crippen molar-refractivity contribution in [3.63, 3.8) is 0 Å². The van der Waals surface area contributed by atoms with Crippen LogP contribution in [0.5, 0.6) is 5.75 Å². The minimum Gasteiger partial charge on any atom is -0.494 e. The molecule has 0 saturated carbocycles. The minimum atomic E-state index is -4.08. The summed E-state index contributed by atoms with van der Waals surface area (Å²) in [4.78, 5) is 13.5. The standard InChI is InChI=1S/C21H24F2N2O4S/c1-2-29-18-7-3-16(4-8-18)5-10-21(26)24-11-13-25(14-12-24)30(27,28)20-9-6-17(22)15-19(20)23/h3-4,6-9,15H,2,5,10-14H2,1H3. The summed E-state index contributed by atoms with van der Waals surface area (Å²) < 4.78 is 58.8. The third kappa shape index (κ3) is 5.14. The second kappa shape index (κ2) is 9.53. The topological polar surface area (TPSA) is 66.9 Å². The van der Waals surface area contributed by atoms with Crippen LogP contribution in [0.25, 0.3) is 0 Å². The number of halogens is 2. The summed E-state index contributed by atoms with van der Waals surface area (Å²) in [5, 5.41) is 0. The first kappa shape index (κ1) is 22.2. The van der Waals surface area contributed by atoms with Gasteiger partial charge in [-0.25, -0.2) is 17.2 Å². The summed E-state index contributed by atoms with van der Waals surface area (Å²) in [5.74, 6) is -1.24. The molecular formula is C21H24F2N2O4S. The number of benzene rings is 2. The quantitative estimate of drug-likeness (QED) is 0.667. The highest BCUT2D eigenvalue weighted by molar-refractivity contribution is 7.89. The van der Waals surface area contributed by atoms with Crippen molar-refractivity contribution in [2.24, 2.45) is 0 Å². The highest BCUT2D eigenvalue weighted by Crippen LogP contribution is 2.22. The van der Waals surface area contributed by atoms with Gasteiger partial charge in [-0.1, -0.05) is 12.1 Å². The fourth-order valence-corrected chi connectivity index (χ4v) is 4.80. The number of nitrogens with zero attached hydrogens (tertiary/aromatic N) is 2. The van der Waals surface area contributed by atoms with E-state index in [2.05, 4.69) is 0 Å². The summed E-state index contributed by atoms with van der Waals surface area (Å²) in [5.41, 5.74) is 1.01. The number of hydrogen-bond donors (Lipinski definition) is 0. The molecule has 0 atom stereocenters. The number of carbonyl (C=O) groups excluding carboxylic acids is 1. The van der Waals surface area contributed by atoms with Crippen LogP contribution in [0, 0.1) is 11.6 Å². The lowest BCUT2D eigenvalue weighted by Gasteiger charge is -2.34. The first-order valence-corrected chi connectivity index (χ1v) is 11.2. The van der Waals surface area contributed by atoms with Crippen molar-refractivity contribution >= 4 is 15.9 Å². The van der Waals surface area contributed by atoms with Gasteiger partial charge >= 0.3 is 0 Å². The van der Waals surface area contributed by atoms with Crippen LogP contribution < -0.4 is 4.74 Å². The third-order valence-corrected chi connectivity index (χ3v) is 6.90. The number of piperazine rings is 1. The van der Waals surface area contributed by atoms with Crippen LogP contribution >= 0.6 is 0 Å². The molecule has 9 heteroatoms. The Morgan fingerprint density at radius 1 is 1.03 bits per heavy atom. The van der Waals surface area contributed by atoms with Gasteiger partial charge in [0.15, 0.2) is 0 Å². The van der Waals surface area contributed by atoms with E-state index >= 15 is 0 Å². The van der Waals surface area contributed by atoms with Crippen LogP contribution in [-0.2, 0) is 21.2 Å². The zero-order valence-corrected chi connectivity index (χ0v) is 17.5. The van der Waals surface area contributed by atoms with E-state index in [0.29, 0.717) is 25.5 Å². The maximum atomic E-state index is 13.9. The Morgan fingerprint density at radius 2 is 1.70 bits per heavy atom. The molecule has 0 N–H and O–H groups in total. The molecule has 30 heavy (non-hydrogen) atoms. The highest BCUT2D eigenvalue weighted by atomic mass is 32.2. The van der Waals surface area contributed by atoms with Crippen LogP contribution in [-0.4, -0.2) is 56.3 Å². The van der Waals surface area contributed by atoms with Gasteiger partial charge in [0.1, 0.15) is 22.3 Å². The third-order valence-electron chi connectivity index (χ3n) is 4.96. The molecule has 1 fully saturated rings. The van der Waals surface area contributed by atoms with E-state index in [9.17, 15) is 22.0 Å². The molecule has 0 radical (unpaired) electrons. The monoisotopic (exact) mass is 438 g/mol. The molecule has 3 rings (SSSR count). The van der Waals surface area contributed by atoms with Crippen LogP contribution in [0.3, 0.4) is 0 Å². The van der Waals surface area contributed by atoms with Crippen molar-refractivity contribution in [3.8, 4) is 5.75 Å². The van der Waals surface area contributed by atoms with Gasteiger partial charge in [-0.2, -0.15) is 4.31 Å². The van der Waals surface area contributed by atoms with Gasteiger partial charge < -0.3 is 9.64 Å².